The van der Waals surface area contributed by atoms with Gasteiger partial charge < -0.3 is 4.98 Å². The average molecular weight is 401 g/mol. The van der Waals surface area contributed by atoms with Crippen LogP contribution in [-0.4, -0.2) is 21.6 Å². The largest absolute Gasteiger partial charge is 0.332 e. The molecule has 0 unspecified atom stereocenters. The molecule has 0 saturated carbocycles. The number of hydrogen-bond donors (Lipinski definition) is 3. The minimum atomic E-state index is -0.127. The van der Waals surface area contributed by atoms with Crippen LogP contribution in [0.4, 0.5) is 5.69 Å². The molecular weight excluding hydrogens is 380 g/mol. The van der Waals surface area contributed by atoms with Gasteiger partial charge in [0.2, 0.25) is 5.91 Å². The molecular formula is C23H20N4OS. The van der Waals surface area contributed by atoms with E-state index in [2.05, 4.69) is 15.8 Å². The predicted molar refractivity (Wildman–Crippen MR) is 118 cm³/mol. The van der Waals surface area contributed by atoms with Crippen LogP contribution < -0.4 is 10.9 Å². The molecule has 6 heteroatoms. The Morgan fingerprint density at radius 3 is 2.07 bits per heavy atom. The quantitative estimate of drug-likeness (QED) is 0.302. The molecule has 0 saturated heterocycles. The summed E-state index contributed by atoms with van der Waals surface area (Å²) in [4.78, 5) is 20.3. The molecule has 0 aliphatic heterocycles. The average Bonchev–Trinajstić information content (AvgIpc) is 3.23. The van der Waals surface area contributed by atoms with Crippen molar-refractivity contribution in [2.24, 2.45) is 0 Å². The normalized spacial score (nSPS) is 10.5. The molecule has 29 heavy (non-hydrogen) atoms. The standard InChI is InChI=1S/C23H20N4OS/c28-20(27-26-19-14-8-3-9-15-19)16-29-23-24-21(17-10-4-1-5-11-17)22(25-23)18-12-6-2-7-13-18/h1-15,26H,16H2,(H,24,25)(H,27,28). The molecule has 1 aromatic heterocycles. The Morgan fingerprint density at radius 1 is 0.828 bits per heavy atom. The zero-order valence-electron chi connectivity index (χ0n) is 15.6. The number of nitrogens with one attached hydrogen (secondary N) is 3. The van der Waals surface area contributed by atoms with Gasteiger partial charge in [-0.25, -0.2) is 4.98 Å². The second-order valence-electron chi connectivity index (χ2n) is 6.33. The number of carbonyl (C=O) groups is 1. The van der Waals surface area contributed by atoms with E-state index in [9.17, 15) is 4.79 Å². The predicted octanol–water partition coefficient (Wildman–Crippen LogP) is 4.98. The molecule has 3 aromatic carbocycles. The number of hydrogen-bond acceptors (Lipinski definition) is 4. The first-order valence-corrected chi connectivity index (χ1v) is 10.2. The van der Waals surface area contributed by atoms with Crippen LogP contribution in [0.15, 0.2) is 96.2 Å². The topological polar surface area (TPSA) is 69.8 Å². The second-order valence-corrected chi connectivity index (χ2v) is 7.29. The van der Waals surface area contributed by atoms with Gasteiger partial charge in [-0.15, -0.1) is 0 Å². The first-order chi connectivity index (χ1) is 14.3. The Balaban J connectivity index is 1.48. The number of imidazole rings is 1. The summed E-state index contributed by atoms with van der Waals surface area (Å²) in [7, 11) is 0. The summed E-state index contributed by atoms with van der Waals surface area (Å²) in [6, 6.07) is 29.6. The molecule has 4 rings (SSSR count). The van der Waals surface area contributed by atoms with Crippen LogP contribution in [0.1, 0.15) is 0 Å². The third kappa shape index (κ3) is 4.86. The van der Waals surface area contributed by atoms with Gasteiger partial charge in [-0.1, -0.05) is 90.6 Å². The minimum absolute atomic E-state index is 0.127. The molecule has 5 nitrogen and oxygen atoms in total. The van der Waals surface area contributed by atoms with Gasteiger partial charge in [-0.05, 0) is 12.1 Å². The number of para-hydroxylation sites is 1. The highest BCUT2D eigenvalue weighted by atomic mass is 32.2. The van der Waals surface area contributed by atoms with E-state index in [-0.39, 0.29) is 11.7 Å². The fourth-order valence-electron chi connectivity index (χ4n) is 2.87. The number of benzene rings is 3. The van der Waals surface area contributed by atoms with Crippen molar-refractivity contribution < 1.29 is 4.79 Å². The number of aromatic nitrogens is 2. The first kappa shape index (κ1) is 18.8. The summed E-state index contributed by atoms with van der Waals surface area (Å²) in [5.41, 5.74) is 10.4. The third-order valence-electron chi connectivity index (χ3n) is 4.25. The van der Waals surface area contributed by atoms with Crippen LogP contribution in [0.5, 0.6) is 0 Å². The maximum Gasteiger partial charge on any atom is 0.248 e. The molecule has 0 atom stereocenters. The molecule has 144 valence electrons. The molecule has 0 aliphatic carbocycles. The number of anilines is 1. The molecule has 1 amide bonds. The lowest BCUT2D eigenvalue weighted by Crippen LogP contribution is -2.30. The first-order valence-electron chi connectivity index (χ1n) is 9.23. The summed E-state index contributed by atoms with van der Waals surface area (Å²) in [6.45, 7) is 0. The molecule has 0 bridgehead atoms. The fourth-order valence-corrected chi connectivity index (χ4v) is 3.54. The summed E-state index contributed by atoms with van der Waals surface area (Å²) in [5.74, 6) is 0.119. The van der Waals surface area contributed by atoms with Gasteiger partial charge in [0.15, 0.2) is 5.16 Å². The number of aromatic amines is 1. The van der Waals surface area contributed by atoms with Crippen LogP contribution in [-0.2, 0) is 4.79 Å². The summed E-state index contributed by atoms with van der Waals surface area (Å²) in [5, 5.41) is 0.706. The molecule has 4 aromatic rings. The van der Waals surface area contributed by atoms with E-state index in [1.54, 1.807) is 0 Å². The molecule has 1 heterocycles. The van der Waals surface area contributed by atoms with Crippen molar-refractivity contribution in [1.82, 2.24) is 15.4 Å². The maximum absolute atomic E-state index is 12.2. The van der Waals surface area contributed by atoms with Crippen molar-refractivity contribution in [2.45, 2.75) is 5.16 Å². The van der Waals surface area contributed by atoms with Crippen molar-refractivity contribution in [1.29, 1.82) is 0 Å². The van der Waals surface area contributed by atoms with Gasteiger partial charge in [0.25, 0.3) is 0 Å². The molecule has 0 aliphatic rings. The molecule has 3 N–H and O–H groups in total. The third-order valence-corrected chi connectivity index (χ3v) is 5.13. The number of amides is 1. The number of hydrazine groups is 1. The smallest absolute Gasteiger partial charge is 0.248 e. The number of rotatable bonds is 7. The van der Waals surface area contributed by atoms with Gasteiger partial charge in [-0.2, -0.15) is 0 Å². The minimum Gasteiger partial charge on any atom is -0.332 e. The maximum atomic E-state index is 12.2. The second kappa shape index (κ2) is 9.12. The van der Waals surface area contributed by atoms with Gasteiger partial charge in [0, 0.05) is 11.1 Å². The summed E-state index contributed by atoms with van der Waals surface area (Å²) < 4.78 is 0. The lowest BCUT2D eigenvalue weighted by molar-refractivity contribution is -0.118. The fraction of sp³-hybridized carbons (Fsp3) is 0.0435. The lowest BCUT2D eigenvalue weighted by atomic mass is 10.1. The molecule has 0 spiro atoms. The Morgan fingerprint density at radius 2 is 1.41 bits per heavy atom. The van der Waals surface area contributed by atoms with Crippen LogP contribution in [0.25, 0.3) is 22.5 Å². The van der Waals surface area contributed by atoms with Gasteiger partial charge in [0.05, 0.1) is 22.8 Å². The molecule has 0 radical (unpaired) electrons. The number of H-pyrrole nitrogens is 1. The van der Waals surface area contributed by atoms with E-state index in [4.69, 9.17) is 4.98 Å². The number of thioether (sulfide) groups is 1. The zero-order valence-corrected chi connectivity index (χ0v) is 16.4. The van der Waals surface area contributed by atoms with Gasteiger partial charge >= 0.3 is 0 Å². The summed E-state index contributed by atoms with van der Waals surface area (Å²) >= 11 is 1.37. The van der Waals surface area contributed by atoms with E-state index in [1.165, 1.54) is 11.8 Å². The van der Waals surface area contributed by atoms with E-state index in [1.807, 2.05) is 91.0 Å². The Kier molecular flexibility index (Phi) is 5.92. The molecule has 0 fully saturated rings. The Labute approximate surface area is 173 Å². The highest BCUT2D eigenvalue weighted by molar-refractivity contribution is 7.99. The Bertz CT molecular complexity index is 1010. The van der Waals surface area contributed by atoms with Gasteiger partial charge in [-0.3, -0.25) is 15.6 Å². The van der Waals surface area contributed by atoms with Crippen molar-refractivity contribution in [3.8, 4) is 22.5 Å². The lowest BCUT2D eigenvalue weighted by Gasteiger charge is -2.07. The van der Waals surface area contributed by atoms with Crippen LogP contribution in [0.2, 0.25) is 0 Å². The van der Waals surface area contributed by atoms with E-state index < -0.39 is 0 Å². The van der Waals surface area contributed by atoms with E-state index in [0.717, 1.165) is 28.2 Å². The van der Waals surface area contributed by atoms with Gasteiger partial charge in [0.1, 0.15) is 0 Å². The van der Waals surface area contributed by atoms with Crippen LogP contribution in [0.3, 0.4) is 0 Å². The van der Waals surface area contributed by atoms with Crippen LogP contribution >= 0.6 is 11.8 Å². The van der Waals surface area contributed by atoms with E-state index >= 15 is 0 Å². The number of nitrogens with zero attached hydrogens (tertiary/aromatic N) is 1. The number of carbonyl (C=O) groups excluding carboxylic acids is 1. The van der Waals surface area contributed by atoms with Crippen molar-refractivity contribution in [3.63, 3.8) is 0 Å². The van der Waals surface area contributed by atoms with Crippen LogP contribution in [0, 0.1) is 0 Å². The summed E-state index contributed by atoms with van der Waals surface area (Å²) in [6.07, 6.45) is 0. The van der Waals surface area contributed by atoms with Crippen molar-refractivity contribution in [2.75, 3.05) is 11.2 Å². The van der Waals surface area contributed by atoms with Crippen molar-refractivity contribution >= 4 is 23.4 Å². The monoisotopic (exact) mass is 400 g/mol. The highest BCUT2D eigenvalue weighted by Crippen LogP contribution is 2.32. The SMILES string of the molecule is O=C(CSc1nc(-c2ccccc2)c(-c2ccccc2)[nH]1)NNc1ccccc1. The highest BCUT2D eigenvalue weighted by Gasteiger charge is 2.15. The Hall–Kier alpha value is -3.51. The van der Waals surface area contributed by atoms with Crippen molar-refractivity contribution in [3.05, 3.63) is 91.0 Å². The van der Waals surface area contributed by atoms with E-state index in [0.29, 0.717) is 5.16 Å². The zero-order chi connectivity index (χ0) is 19.9.